The molecule has 0 aliphatic heterocycles. The van der Waals surface area contributed by atoms with Crippen molar-refractivity contribution in [3.63, 3.8) is 0 Å². The second-order valence-corrected chi connectivity index (χ2v) is 7.21. The molecular weight excluding hydrogens is 394 g/mol. The average molecular weight is 417 g/mol. The second kappa shape index (κ2) is 8.74. The predicted octanol–water partition coefficient (Wildman–Crippen LogP) is 5.27. The number of anilines is 2. The maximum atomic E-state index is 12.3. The highest BCUT2D eigenvalue weighted by atomic mass is 16.5. The van der Waals surface area contributed by atoms with Crippen LogP contribution in [0.3, 0.4) is 0 Å². The number of rotatable bonds is 6. The summed E-state index contributed by atoms with van der Waals surface area (Å²) in [5, 5.41) is 10.1. The van der Waals surface area contributed by atoms with Gasteiger partial charge in [-0.15, -0.1) is 5.10 Å². The van der Waals surface area contributed by atoms with Crippen LogP contribution in [-0.4, -0.2) is 26.9 Å². The second-order valence-electron chi connectivity index (χ2n) is 7.21. The van der Waals surface area contributed by atoms with Crippen molar-refractivity contribution in [1.82, 2.24) is 14.8 Å². The standard InChI is InChI=1S/C23H23N5O3/c1-15(2)31-23-26-21(20-9-6-14-30-20)28(27-23)18-12-10-17(11-13-18)24-22(29)25-19-8-5-4-7-16(19)3/h4-15H,1-3H3,(H2,24,25,29). The first-order valence-electron chi connectivity index (χ1n) is 9.91. The third kappa shape index (κ3) is 4.75. The molecule has 0 saturated heterocycles. The normalized spacial score (nSPS) is 10.8. The molecule has 8 heteroatoms. The number of aryl methyl sites for hydroxylation is 1. The SMILES string of the molecule is Cc1ccccc1NC(=O)Nc1ccc(-n2nc(OC(C)C)nc2-c2ccco2)cc1. The summed E-state index contributed by atoms with van der Waals surface area (Å²) >= 11 is 0. The van der Waals surface area contributed by atoms with Gasteiger partial charge in [0.15, 0.2) is 5.76 Å². The summed E-state index contributed by atoms with van der Waals surface area (Å²) in [4.78, 5) is 16.8. The molecule has 31 heavy (non-hydrogen) atoms. The van der Waals surface area contributed by atoms with Gasteiger partial charge in [0.05, 0.1) is 18.1 Å². The van der Waals surface area contributed by atoms with Gasteiger partial charge in [0.1, 0.15) is 0 Å². The van der Waals surface area contributed by atoms with Gasteiger partial charge >= 0.3 is 12.0 Å². The smallest absolute Gasteiger partial charge is 0.336 e. The molecule has 0 aliphatic rings. The lowest BCUT2D eigenvalue weighted by atomic mass is 10.2. The van der Waals surface area contributed by atoms with Gasteiger partial charge in [-0.3, -0.25) is 0 Å². The third-order valence-corrected chi connectivity index (χ3v) is 4.43. The highest BCUT2D eigenvalue weighted by Gasteiger charge is 2.17. The number of carbonyl (C=O) groups excluding carboxylic acids is 1. The van der Waals surface area contributed by atoms with E-state index in [1.165, 1.54) is 0 Å². The maximum Gasteiger partial charge on any atom is 0.336 e. The van der Waals surface area contributed by atoms with E-state index in [9.17, 15) is 4.79 Å². The van der Waals surface area contributed by atoms with E-state index < -0.39 is 0 Å². The molecule has 4 aromatic rings. The van der Waals surface area contributed by atoms with Crippen molar-refractivity contribution in [2.45, 2.75) is 26.9 Å². The van der Waals surface area contributed by atoms with Crippen LogP contribution >= 0.6 is 0 Å². The minimum absolute atomic E-state index is 0.0568. The predicted molar refractivity (Wildman–Crippen MR) is 119 cm³/mol. The number of carbonyl (C=O) groups is 1. The fourth-order valence-electron chi connectivity index (χ4n) is 2.98. The van der Waals surface area contributed by atoms with E-state index in [4.69, 9.17) is 9.15 Å². The molecule has 2 aromatic carbocycles. The van der Waals surface area contributed by atoms with E-state index in [1.54, 1.807) is 29.1 Å². The Bertz CT molecular complexity index is 1160. The maximum absolute atomic E-state index is 12.3. The van der Waals surface area contributed by atoms with Gasteiger partial charge in [-0.05, 0) is 68.8 Å². The van der Waals surface area contributed by atoms with Crippen LogP contribution in [0, 0.1) is 6.92 Å². The lowest BCUT2D eigenvalue weighted by Crippen LogP contribution is -2.19. The largest absolute Gasteiger partial charge is 0.461 e. The van der Waals surface area contributed by atoms with Gasteiger partial charge < -0.3 is 19.8 Å². The molecule has 0 bridgehead atoms. The molecule has 0 aliphatic carbocycles. The van der Waals surface area contributed by atoms with Crippen molar-refractivity contribution in [1.29, 1.82) is 0 Å². The molecule has 2 N–H and O–H groups in total. The number of ether oxygens (including phenoxy) is 1. The van der Waals surface area contributed by atoms with Crippen LogP contribution in [0.4, 0.5) is 16.2 Å². The van der Waals surface area contributed by atoms with E-state index in [0.29, 0.717) is 17.3 Å². The Hall–Kier alpha value is -4.07. The number of nitrogens with one attached hydrogen (secondary N) is 2. The highest BCUT2D eigenvalue weighted by Crippen LogP contribution is 2.25. The highest BCUT2D eigenvalue weighted by molar-refractivity contribution is 6.00. The topological polar surface area (TPSA) is 94.2 Å². The molecular formula is C23H23N5O3. The molecule has 0 atom stereocenters. The fourth-order valence-corrected chi connectivity index (χ4v) is 2.98. The van der Waals surface area contributed by atoms with E-state index in [0.717, 1.165) is 16.9 Å². The molecule has 2 amide bonds. The zero-order valence-electron chi connectivity index (χ0n) is 17.5. The van der Waals surface area contributed by atoms with Crippen LogP contribution in [0.5, 0.6) is 6.01 Å². The summed E-state index contributed by atoms with van der Waals surface area (Å²) in [5.41, 5.74) is 3.15. The Morgan fingerprint density at radius 1 is 1.03 bits per heavy atom. The zero-order valence-corrected chi connectivity index (χ0v) is 17.5. The summed E-state index contributed by atoms with van der Waals surface area (Å²) < 4.78 is 12.8. The number of aromatic nitrogens is 3. The molecule has 0 radical (unpaired) electrons. The Morgan fingerprint density at radius 2 is 1.81 bits per heavy atom. The van der Waals surface area contributed by atoms with Crippen LogP contribution in [0.25, 0.3) is 17.3 Å². The minimum atomic E-state index is -0.313. The number of amides is 2. The molecule has 2 heterocycles. The van der Waals surface area contributed by atoms with Crippen LogP contribution in [0.2, 0.25) is 0 Å². The average Bonchev–Trinajstić information content (AvgIpc) is 3.40. The van der Waals surface area contributed by atoms with Crippen molar-refractivity contribution in [3.8, 4) is 23.3 Å². The summed E-state index contributed by atoms with van der Waals surface area (Å²) in [6, 6.07) is 18.4. The number of para-hydroxylation sites is 1. The summed E-state index contributed by atoms with van der Waals surface area (Å²) in [7, 11) is 0. The molecule has 0 fully saturated rings. The molecule has 0 unspecified atom stereocenters. The van der Waals surface area contributed by atoms with Gasteiger partial charge in [-0.25, -0.2) is 9.48 Å². The fraction of sp³-hybridized carbons (Fsp3) is 0.174. The van der Waals surface area contributed by atoms with Gasteiger partial charge in [-0.1, -0.05) is 18.2 Å². The Balaban J connectivity index is 1.53. The van der Waals surface area contributed by atoms with Crippen LogP contribution in [0.1, 0.15) is 19.4 Å². The number of nitrogens with zero attached hydrogens (tertiary/aromatic N) is 3. The molecule has 0 saturated carbocycles. The Kier molecular flexibility index (Phi) is 5.70. The van der Waals surface area contributed by atoms with Crippen LogP contribution in [-0.2, 0) is 0 Å². The third-order valence-electron chi connectivity index (χ3n) is 4.43. The number of hydrogen-bond acceptors (Lipinski definition) is 5. The Morgan fingerprint density at radius 3 is 2.48 bits per heavy atom. The van der Waals surface area contributed by atoms with E-state index in [-0.39, 0.29) is 18.1 Å². The van der Waals surface area contributed by atoms with Crippen LogP contribution < -0.4 is 15.4 Å². The number of urea groups is 1. The number of hydrogen-bond donors (Lipinski definition) is 2. The monoisotopic (exact) mass is 417 g/mol. The van der Waals surface area contributed by atoms with E-state index >= 15 is 0 Å². The lowest BCUT2D eigenvalue weighted by molar-refractivity contribution is 0.222. The van der Waals surface area contributed by atoms with Crippen molar-refractivity contribution in [2.75, 3.05) is 10.6 Å². The van der Waals surface area contributed by atoms with Gasteiger partial charge in [0.25, 0.3) is 0 Å². The van der Waals surface area contributed by atoms with Crippen molar-refractivity contribution < 1.29 is 13.9 Å². The minimum Gasteiger partial charge on any atom is -0.461 e. The number of furan rings is 1. The number of benzene rings is 2. The van der Waals surface area contributed by atoms with Crippen molar-refractivity contribution in [3.05, 3.63) is 72.5 Å². The molecule has 158 valence electrons. The summed E-state index contributed by atoms with van der Waals surface area (Å²) in [6.45, 7) is 5.77. The molecule has 4 rings (SSSR count). The first-order chi connectivity index (χ1) is 15.0. The first-order valence-corrected chi connectivity index (χ1v) is 9.91. The van der Waals surface area contributed by atoms with Gasteiger partial charge in [0, 0.05) is 11.4 Å². The van der Waals surface area contributed by atoms with E-state index in [1.807, 2.05) is 63.2 Å². The van der Waals surface area contributed by atoms with Crippen LogP contribution in [0.15, 0.2) is 71.3 Å². The van der Waals surface area contributed by atoms with Gasteiger partial charge in [-0.2, -0.15) is 4.98 Å². The molecule has 2 aromatic heterocycles. The van der Waals surface area contributed by atoms with E-state index in [2.05, 4.69) is 20.7 Å². The Labute approximate surface area is 179 Å². The zero-order chi connectivity index (χ0) is 21.8. The quantitative estimate of drug-likeness (QED) is 0.446. The van der Waals surface area contributed by atoms with Crippen molar-refractivity contribution >= 4 is 17.4 Å². The summed E-state index contributed by atoms with van der Waals surface area (Å²) in [5.74, 6) is 1.10. The molecule has 8 nitrogen and oxygen atoms in total. The first kappa shape index (κ1) is 20.2. The van der Waals surface area contributed by atoms with Gasteiger partial charge in [0.2, 0.25) is 5.82 Å². The van der Waals surface area contributed by atoms with Crippen molar-refractivity contribution in [2.24, 2.45) is 0 Å². The summed E-state index contributed by atoms with van der Waals surface area (Å²) in [6.07, 6.45) is 1.52. The molecule has 0 spiro atoms. The lowest BCUT2D eigenvalue weighted by Gasteiger charge is -2.10.